The molecule has 0 fully saturated rings. The summed E-state index contributed by atoms with van der Waals surface area (Å²) >= 11 is 0. The molecule has 1 heterocycles. The van der Waals surface area contributed by atoms with Crippen molar-refractivity contribution in [1.29, 1.82) is 0 Å². The molecule has 2 rings (SSSR count). The maximum absolute atomic E-state index is 5.72. The van der Waals surface area contributed by atoms with E-state index in [0.29, 0.717) is 5.75 Å². The molecule has 1 aromatic heterocycles. The van der Waals surface area contributed by atoms with E-state index in [1.165, 1.54) is 0 Å². The van der Waals surface area contributed by atoms with Gasteiger partial charge in [0.05, 0.1) is 26.5 Å². The molecule has 1 aromatic carbocycles. The van der Waals surface area contributed by atoms with Crippen LogP contribution in [0.5, 0.6) is 11.5 Å². The standard InChI is InChI=1S/C15H19N3O2/c1-10-4-5-13(14(6-10)20-3)15(18-16)11-7-12(19-2)9-17-8-11/h4-9,15,18H,16H2,1-3H3. The van der Waals surface area contributed by atoms with Crippen LogP contribution in [0.25, 0.3) is 0 Å². The monoisotopic (exact) mass is 273 g/mol. The maximum atomic E-state index is 5.72. The van der Waals surface area contributed by atoms with Crippen molar-refractivity contribution in [3.63, 3.8) is 0 Å². The van der Waals surface area contributed by atoms with Gasteiger partial charge in [0.1, 0.15) is 11.5 Å². The quantitative estimate of drug-likeness (QED) is 0.644. The van der Waals surface area contributed by atoms with Gasteiger partial charge in [0.15, 0.2) is 0 Å². The van der Waals surface area contributed by atoms with E-state index >= 15 is 0 Å². The maximum Gasteiger partial charge on any atom is 0.137 e. The molecule has 0 saturated carbocycles. The van der Waals surface area contributed by atoms with Crippen LogP contribution in [0.4, 0.5) is 0 Å². The summed E-state index contributed by atoms with van der Waals surface area (Å²) in [5.41, 5.74) is 5.80. The Morgan fingerprint density at radius 1 is 1.15 bits per heavy atom. The summed E-state index contributed by atoms with van der Waals surface area (Å²) in [4.78, 5) is 4.16. The molecule has 1 atom stereocenters. The van der Waals surface area contributed by atoms with Crippen LogP contribution in [0, 0.1) is 6.92 Å². The first-order valence-electron chi connectivity index (χ1n) is 6.29. The SMILES string of the molecule is COc1cncc(C(NN)c2ccc(C)cc2OC)c1. The van der Waals surface area contributed by atoms with Gasteiger partial charge in [-0.05, 0) is 30.2 Å². The van der Waals surface area contributed by atoms with Crippen molar-refractivity contribution < 1.29 is 9.47 Å². The van der Waals surface area contributed by atoms with Crippen LogP contribution in [0.2, 0.25) is 0 Å². The molecule has 0 saturated heterocycles. The minimum Gasteiger partial charge on any atom is -0.496 e. The highest BCUT2D eigenvalue weighted by Crippen LogP contribution is 2.31. The molecule has 106 valence electrons. The first-order valence-corrected chi connectivity index (χ1v) is 6.29. The number of methoxy groups -OCH3 is 2. The van der Waals surface area contributed by atoms with Crippen LogP contribution in [-0.2, 0) is 0 Å². The minimum atomic E-state index is -0.215. The number of hydrogen-bond donors (Lipinski definition) is 2. The summed E-state index contributed by atoms with van der Waals surface area (Å²) in [6.07, 6.45) is 3.41. The average Bonchev–Trinajstić information content (AvgIpc) is 2.49. The van der Waals surface area contributed by atoms with E-state index in [1.807, 2.05) is 31.2 Å². The molecule has 1 unspecified atom stereocenters. The number of nitrogens with zero attached hydrogens (tertiary/aromatic N) is 1. The Morgan fingerprint density at radius 3 is 2.60 bits per heavy atom. The number of rotatable bonds is 5. The van der Waals surface area contributed by atoms with Crippen LogP contribution in [0.3, 0.4) is 0 Å². The van der Waals surface area contributed by atoms with Gasteiger partial charge in [-0.3, -0.25) is 10.8 Å². The lowest BCUT2D eigenvalue weighted by atomic mass is 9.98. The first kappa shape index (κ1) is 14.3. The largest absolute Gasteiger partial charge is 0.496 e. The van der Waals surface area contributed by atoms with Gasteiger partial charge in [-0.2, -0.15) is 0 Å². The third kappa shape index (κ3) is 2.89. The van der Waals surface area contributed by atoms with Gasteiger partial charge in [0.25, 0.3) is 0 Å². The smallest absolute Gasteiger partial charge is 0.137 e. The predicted octanol–water partition coefficient (Wildman–Crippen LogP) is 1.96. The highest BCUT2D eigenvalue weighted by atomic mass is 16.5. The predicted molar refractivity (Wildman–Crippen MR) is 77.7 cm³/mol. The summed E-state index contributed by atoms with van der Waals surface area (Å²) in [5.74, 6) is 7.19. The zero-order chi connectivity index (χ0) is 14.5. The lowest BCUT2D eigenvalue weighted by molar-refractivity contribution is 0.402. The van der Waals surface area contributed by atoms with Gasteiger partial charge < -0.3 is 9.47 Å². The van der Waals surface area contributed by atoms with Gasteiger partial charge >= 0.3 is 0 Å². The topological polar surface area (TPSA) is 69.4 Å². The second-order valence-corrected chi connectivity index (χ2v) is 4.50. The third-order valence-corrected chi connectivity index (χ3v) is 3.17. The molecule has 5 heteroatoms. The highest BCUT2D eigenvalue weighted by molar-refractivity contribution is 5.44. The Balaban J connectivity index is 2.46. The van der Waals surface area contributed by atoms with Crippen molar-refractivity contribution in [3.8, 4) is 11.5 Å². The second kappa shape index (κ2) is 6.36. The van der Waals surface area contributed by atoms with Crippen molar-refractivity contribution >= 4 is 0 Å². The van der Waals surface area contributed by atoms with E-state index in [0.717, 1.165) is 22.4 Å². The number of hydrazine groups is 1. The van der Waals surface area contributed by atoms with Gasteiger partial charge in [-0.1, -0.05) is 12.1 Å². The molecule has 0 amide bonds. The zero-order valence-corrected chi connectivity index (χ0v) is 11.9. The number of aryl methyl sites for hydroxylation is 1. The Hall–Kier alpha value is -2.11. The molecule has 3 N–H and O–H groups in total. The molecule has 0 aliphatic carbocycles. The van der Waals surface area contributed by atoms with E-state index < -0.39 is 0 Å². The Kier molecular flexibility index (Phi) is 4.55. The minimum absolute atomic E-state index is 0.215. The average molecular weight is 273 g/mol. The van der Waals surface area contributed by atoms with E-state index in [-0.39, 0.29) is 6.04 Å². The van der Waals surface area contributed by atoms with E-state index in [1.54, 1.807) is 26.6 Å². The van der Waals surface area contributed by atoms with Crippen LogP contribution in [-0.4, -0.2) is 19.2 Å². The molecular weight excluding hydrogens is 254 g/mol. The molecule has 20 heavy (non-hydrogen) atoms. The summed E-state index contributed by atoms with van der Waals surface area (Å²) in [7, 11) is 3.26. The third-order valence-electron chi connectivity index (χ3n) is 3.17. The van der Waals surface area contributed by atoms with Crippen molar-refractivity contribution in [1.82, 2.24) is 10.4 Å². The molecule has 0 radical (unpaired) electrons. The van der Waals surface area contributed by atoms with Crippen LogP contribution in [0.1, 0.15) is 22.7 Å². The molecular formula is C15H19N3O2. The number of pyridine rings is 1. The number of ether oxygens (including phenoxy) is 2. The zero-order valence-electron chi connectivity index (χ0n) is 11.9. The molecule has 0 bridgehead atoms. The fourth-order valence-electron chi connectivity index (χ4n) is 2.13. The fraction of sp³-hybridized carbons (Fsp3) is 0.267. The summed E-state index contributed by atoms with van der Waals surface area (Å²) < 4.78 is 10.6. The lowest BCUT2D eigenvalue weighted by Gasteiger charge is -2.20. The van der Waals surface area contributed by atoms with E-state index in [2.05, 4.69) is 10.4 Å². The van der Waals surface area contributed by atoms with Crippen molar-refractivity contribution in [2.75, 3.05) is 14.2 Å². The van der Waals surface area contributed by atoms with E-state index in [9.17, 15) is 0 Å². The molecule has 0 aliphatic rings. The van der Waals surface area contributed by atoms with Crippen LogP contribution < -0.4 is 20.7 Å². The van der Waals surface area contributed by atoms with E-state index in [4.69, 9.17) is 15.3 Å². The van der Waals surface area contributed by atoms with Gasteiger partial charge in [-0.15, -0.1) is 0 Å². The van der Waals surface area contributed by atoms with Crippen molar-refractivity contribution in [2.45, 2.75) is 13.0 Å². The fourth-order valence-corrected chi connectivity index (χ4v) is 2.13. The molecule has 2 aromatic rings. The Labute approximate surface area is 118 Å². The molecule has 5 nitrogen and oxygen atoms in total. The van der Waals surface area contributed by atoms with Gasteiger partial charge in [0, 0.05) is 11.8 Å². The second-order valence-electron chi connectivity index (χ2n) is 4.50. The Bertz CT molecular complexity index is 587. The van der Waals surface area contributed by atoms with Crippen LogP contribution in [0.15, 0.2) is 36.7 Å². The summed E-state index contributed by atoms with van der Waals surface area (Å²) in [5, 5.41) is 0. The number of aromatic nitrogens is 1. The van der Waals surface area contributed by atoms with Gasteiger partial charge in [-0.25, -0.2) is 5.43 Å². The number of benzene rings is 1. The normalized spacial score (nSPS) is 12.0. The number of hydrogen-bond acceptors (Lipinski definition) is 5. The van der Waals surface area contributed by atoms with Gasteiger partial charge in [0.2, 0.25) is 0 Å². The Morgan fingerprint density at radius 2 is 1.95 bits per heavy atom. The number of nitrogens with one attached hydrogen (secondary N) is 1. The van der Waals surface area contributed by atoms with Crippen molar-refractivity contribution in [2.24, 2.45) is 5.84 Å². The number of nitrogens with two attached hydrogens (primary N) is 1. The molecule has 0 aliphatic heterocycles. The summed E-state index contributed by atoms with van der Waals surface area (Å²) in [6, 6.07) is 7.69. The first-order chi connectivity index (χ1) is 9.69. The lowest BCUT2D eigenvalue weighted by Crippen LogP contribution is -2.29. The van der Waals surface area contributed by atoms with Crippen molar-refractivity contribution in [3.05, 3.63) is 53.3 Å². The van der Waals surface area contributed by atoms with Crippen LogP contribution >= 0.6 is 0 Å². The molecule has 0 spiro atoms. The summed E-state index contributed by atoms with van der Waals surface area (Å²) in [6.45, 7) is 2.02. The highest BCUT2D eigenvalue weighted by Gasteiger charge is 2.18.